The summed E-state index contributed by atoms with van der Waals surface area (Å²) in [5, 5.41) is 14.6. The smallest absolute Gasteiger partial charge is 0.435 e. The Kier molecular flexibility index (Phi) is 10.9. The van der Waals surface area contributed by atoms with Crippen molar-refractivity contribution in [2.24, 2.45) is 0 Å². The van der Waals surface area contributed by atoms with Gasteiger partial charge in [-0.1, -0.05) is 12.1 Å². The number of hydrogen-bond donors (Lipinski definition) is 2. The highest BCUT2D eigenvalue weighted by atomic mass is 35.5. The Morgan fingerprint density at radius 3 is 1.89 bits per heavy atom. The third kappa shape index (κ3) is 10.3. The van der Waals surface area contributed by atoms with E-state index in [1.165, 1.54) is 15.6 Å². The van der Waals surface area contributed by atoms with E-state index < -0.39 is 23.4 Å². The maximum atomic E-state index is 12.1. The van der Waals surface area contributed by atoms with E-state index in [1.54, 1.807) is 49.3 Å². The van der Waals surface area contributed by atoms with Crippen LogP contribution in [-0.4, -0.2) is 67.9 Å². The third-order valence-electron chi connectivity index (χ3n) is 7.21. The Bertz CT molecular complexity index is 2430. The van der Waals surface area contributed by atoms with Gasteiger partial charge in [0, 0.05) is 53.2 Å². The van der Waals surface area contributed by atoms with Crippen LogP contribution in [0.25, 0.3) is 33.4 Å². The summed E-state index contributed by atoms with van der Waals surface area (Å²) in [5.74, 6) is 2.50. The van der Waals surface area contributed by atoms with Crippen molar-refractivity contribution >= 4 is 58.0 Å². The van der Waals surface area contributed by atoms with Gasteiger partial charge in [0.15, 0.2) is 11.4 Å². The van der Waals surface area contributed by atoms with E-state index in [-0.39, 0.29) is 5.28 Å². The zero-order valence-electron chi connectivity index (χ0n) is 31.1. The molecule has 0 aliphatic heterocycles. The second kappa shape index (κ2) is 15.7. The van der Waals surface area contributed by atoms with Gasteiger partial charge < -0.3 is 24.5 Å². The monoisotopic (exact) mass is 763 g/mol. The Morgan fingerprint density at radius 1 is 0.691 bits per heavy atom. The van der Waals surface area contributed by atoms with Crippen LogP contribution in [0.2, 0.25) is 5.28 Å². The van der Waals surface area contributed by atoms with E-state index in [0.29, 0.717) is 34.4 Å². The van der Waals surface area contributed by atoms with Crippen LogP contribution in [-0.2, 0) is 9.47 Å². The number of hydrogen-bond acceptors (Lipinski definition) is 14. The van der Waals surface area contributed by atoms with Gasteiger partial charge in [0.2, 0.25) is 5.28 Å². The van der Waals surface area contributed by atoms with E-state index in [1.807, 2.05) is 84.9 Å². The predicted molar refractivity (Wildman–Crippen MR) is 207 cm³/mol. The van der Waals surface area contributed by atoms with E-state index in [4.69, 9.17) is 25.5 Å². The Balaban J connectivity index is 0.000000188. The number of nitrogens with zero attached hydrogens (tertiary/aromatic N) is 9. The lowest BCUT2D eigenvalue weighted by Crippen LogP contribution is -2.27. The second-order valence-electron chi connectivity index (χ2n) is 14.0. The summed E-state index contributed by atoms with van der Waals surface area (Å²) in [5.41, 5.74) is 4.08. The molecule has 282 valence electrons. The van der Waals surface area contributed by atoms with Gasteiger partial charge >= 0.3 is 12.2 Å². The van der Waals surface area contributed by atoms with E-state index in [9.17, 15) is 9.59 Å². The van der Waals surface area contributed by atoms with Crippen molar-refractivity contribution in [1.82, 2.24) is 44.5 Å². The van der Waals surface area contributed by atoms with Gasteiger partial charge in [-0.3, -0.25) is 0 Å². The van der Waals surface area contributed by atoms with Gasteiger partial charge in [-0.05, 0) is 96.0 Å². The number of carbonyl (C=O) groups is 2. The average molecular weight is 764 g/mol. The number of ether oxygens (including phenoxy) is 2. The molecule has 7 rings (SSSR count). The summed E-state index contributed by atoms with van der Waals surface area (Å²) in [6.45, 7) is 12.7. The highest BCUT2D eigenvalue weighted by molar-refractivity contribution is 6.28. The van der Waals surface area contributed by atoms with Crippen LogP contribution >= 0.6 is 11.6 Å². The van der Waals surface area contributed by atoms with Crippen LogP contribution in [0, 0.1) is 6.92 Å². The molecule has 0 aliphatic carbocycles. The van der Waals surface area contributed by atoms with Crippen molar-refractivity contribution in [1.29, 1.82) is 0 Å². The normalized spacial score (nSPS) is 11.4. The Labute approximate surface area is 320 Å². The summed E-state index contributed by atoms with van der Waals surface area (Å²) in [6.07, 6.45) is 10.3. The zero-order valence-corrected chi connectivity index (χ0v) is 31.9. The maximum absolute atomic E-state index is 12.1. The fourth-order valence-electron chi connectivity index (χ4n) is 4.86. The highest BCUT2D eigenvalue weighted by Gasteiger charge is 2.20. The molecule has 7 aromatic rings. The molecule has 0 saturated heterocycles. The molecular formula is C38H38ClN11O5. The lowest BCUT2D eigenvalue weighted by Gasteiger charge is -2.18. The molecule has 55 heavy (non-hydrogen) atoms. The molecule has 0 fully saturated rings. The van der Waals surface area contributed by atoms with Gasteiger partial charge in [0.25, 0.3) is 0 Å². The van der Waals surface area contributed by atoms with Gasteiger partial charge in [0.1, 0.15) is 34.2 Å². The van der Waals surface area contributed by atoms with Crippen molar-refractivity contribution in [3.05, 3.63) is 103 Å². The lowest BCUT2D eigenvalue weighted by atomic mass is 10.1. The number of pyridine rings is 1. The molecule has 0 atom stereocenters. The van der Waals surface area contributed by atoms with Crippen LogP contribution in [0.5, 0.6) is 0 Å². The first-order chi connectivity index (χ1) is 26.1. The summed E-state index contributed by atoms with van der Waals surface area (Å²) in [4.78, 5) is 45.1. The number of aryl methyl sites for hydroxylation is 1. The Hall–Kier alpha value is -6.68. The molecule has 0 bridgehead atoms. The van der Waals surface area contributed by atoms with Crippen molar-refractivity contribution in [2.75, 3.05) is 10.6 Å². The number of rotatable bonds is 6. The largest absolute Gasteiger partial charge is 0.459 e. The highest BCUT2D eigenvalue weighted by Crippen LogP contribution is 2.28. The average Bonchev–Trinajstić information content (AvgIpc) is 3.90. The zero-order chi connectivity index (χ0) is 39.3. The van der Waals surface area contributed by atoms with Crippen LogP contribution in [0.4, 0.5) is 32.7 Å². The summed E-state index contributed by atoms with van der Waals surface area (Å²) < 4.78 is 18.4. The number of anilines is 4. The molecule has 1 aromatic carbocycles. The summed E-state index contributed by atoms with van der Waals surface area (Å²) >= 11 is 5.97. The molecule has 6 aromatic heterocycles. The van der Waals surface area contributed by atoms with Crippen molar-refractivity contribution in [3.8, 4) is 22.3 Å². The molecule has 0 unspecified atom stereocenters. The van der Waals surface area contributed by atoms with Gasteiger partial charge in [-0.15, -0.1) is 0 Å². The van der Waals surface area contributed by atoms with Crippen molar-refractivity contribution in [3.63, 3.8) is 0 Å². The van der Waals surface area contributed by atoms with Crippen LogP contribution in [0.15, 0.2) is 96.4 Å². The quantitative estimate of drug-likeness (QED) is 0.153. The first kappa shape index (κ1) is 38.1. The van der Waals surface area contributed by atoms with E-state index in [2.05, 4.69) is 45.8 Å². The first-order valence-electron chi connectivity index (χ1n) is 17.0. The minimum absolute atomic E-state index is 0.132. The Morgan fingerprint density at radius 2 is 1.31 bits per heavy atom. The molecule has 0 saturated carbocycles. The summed E-state index contributed by atoms with van der Waals surface area (Å²) in [7, 11) is 0. The minimum atomic E-state index is -0.584. The van der Waals surface area contributed by atoms with Crippen LogP contribution in [0.3, 0.4) is 0 Å². The van der Waals surface area contributed by atoms with Crippen molar-refractivity contribution in [2.45, 2.75) is 59.7 Å². The molecule has 16 nitrogen and oxygen atoms in total. The number of fused-ring (bicyclic) bond motifs is 1. The number of benzene rings is 1. The SMILES string of the molecule is CC(C)(C)OC(=O)n1cc(-c2ccc(Nc3nc(Cl)nc4ccoc34)cc2)cn1.Cc1nccc(Nc2ccc(-c3cnn(C(=O)OC(C)(C)C)c3)cn2)n1. The topological polar surface area (TPSA) is 190 Å². The van der Waals surface area contributed by atoms with Gasteiger partial charge in [-0.25, -0.2) is 29.5 Å². The number of carbonyl (C=O) groups excluding carboxylic acids is 2. The molecule has 0 spiro atoms. The number of nitrogens with one attached hydrogen (secondary N) is 2. The molecule has 0 radical (unpaired) electrons. The second-order valence-corrected chi connectivity index (χ2v) is 14.4. The lowest BCUT2D eigenvalue weighted by molar-refractivity contribution is 0.0503. The minimum Gasteiger partial charge on any atom is -0.459 e. The molecular weight excluding hydrogens is 726 g/mol. The van der Waals surface area contributed by atoms with Crippen LogP contribution < -0.4 is 10.6 Å². The molecule has 0 aliphatic rings. The fourth-order valence-corrected chi connectivity index (χ4v) is 5.03. The molecule has 6 heterocycles. The third-order valence-corrected chi connectivity index (χ3v) is 7.38. The van der Waals surface area contributed by atoms with Crippen LogP contribution in [0.1, 0.15) is 47.4 Å². The number of aromatic nitrogens is 9. The number of furan rings is 1. The first-order valence-corrected chi connectivity index (χ1v) is 17.3. The standard InChI is InChI=1S/C20H18ClN5O3.C18H20N6O2/c1-20(2,3)29-19(27)26-11-13(10-22-26)12-4-6-14(7-5-12)23-17-16-15(8-9-28-16)24-18(21)25-17;1-12-19-8-7-16(22-12)23-15-6-5-13(9-20-15)14-10-21-24(11-14)17(25)26-18(2,3)4/h4-11H,1-3H3,(H,23,24,25);5-11H,1-4H3,(H,19,20,22,23). The molecule has 2 N–H and O–H groups in total. The summed E-state index contributed by atoms with van der Waals surface area (Å²) in [6, 6.07) is 14.8. The number of halogens is 1. The van der Waals surface area contributed by atoms with Gasteiger partial charge in [0.05, 0.1) is 18.7 Å². The van der Waals surface area contributed by atoms with E-state index >= 15 is 0 Å². The maximum Gasteiger partial charge on any atom is 0.435 e. The predicted octanol–water partition coefficient (Wildman–Crippen LogP) is 8.84. The molecule has 0 amide bonds. The van der Waals surface area contributed by atoms with Crippen molar-refractivity contribution < 1.29 is 23.5 Å². The van der Waals surface area contributed by atoms with E-state index in [0.717, 1.165) is 27.9 Å². The fraction of sp³-hybridized carbons (Fsp3) is 0.237. The molecule has 17 heteroatoms. The van der Waals surface area contributed by atoms with Gasteiger partial charge in [-0.2, -0.15) is 24.5 Å².